The van der Waals surface area contributed by atoms with Crippen molar-refractivity contribution in [3.63, 3.8) is 0 Å². The minimum atomic E-state index is -0.658. The highest BCUT2D eigenvalue weighted by molar-refractivity contribution is 5.91. The molecule has 0 aromatic rings. The molecule has 5 heteroatoms. The topological polar surface area (TPSA) is 84.2 Å². The van der Waals surface area contributed by atoms with E-state index >= 15 is 0 Å². The lowest BCUT2D eigenvalue weighted by Crippen LogP contribution is -2.62. The lowest BCUT2D eigenvalue weighted by atomic mass is 10.2. The maximum absolute atomic E-state index is 10.4. The largest absolute Gasteiger partial charge is 0.352 e. The summed E-state index contributed by atoms with van der Waals surface area (Å²) in [5.74, 6) is -0.172. The first-order valence-electron chi connectivity index (χ1n) is 2.54. The van der Waals surface area contributed by atoms with Gasteiger partial charge in [0.2, 0.25) is 5.91 Å². The van der Waals surface area contributed by atoms with Gasteiger partial charge in [-0.15, -0.1) is 0 Å². The van der Waals surface area contributed by atoms with Crippen LogP contribution in [0.2, 0.25) is 0 Å². The van der Waals surface area contributed by atoms with E-state index in [9.17, 15) is 9.59 Å². The Labute approximate surface area is 51.6 Å². The average Bonchev–Trinajstić information content (AvgIpc) is 1.79. The van der Waals surface area contributed by atoms with E-state index in [4.69, 9.17) is 5.73 Å². The van der Waals surface area contributed by atoms with Gasteiger partial charge in [0.05, 0.1) is 0 Å². The Hall–Kier alpha value is -1.26. The van der Waals surface area contributed by atoms with Crippen LogP contribution in [-0.4, -0.2) is 24.5 Å². The van der Waals surface area contributed by atoms with E-state index in [1.54, 1.807) is 0 Å². The number of urea groups is 1. The SMILES string of the molecule is NC(=O)N[C@H]1CNC1=O. The van der Waals surface area contributed by atoms with Crippen LogP contribution in [0.1, 0.15) is 0 Å². The zero-order chi connectivity index (χ0) is 6.85. The summed E-state index contributed by atoms with van der Waals surface area (Å²) < 4.78 is 0. The molecule has 9 heavy (non-hydrogen) atoms. The van der Waals surface area contributed by atoms with Gasteiger partial charge in [-0.1, -0.05) is 0 Å². The van der Waals surface area contributed by atoms with E-state index in [0.717, 1.165) is 0 Å². The van der Waals surface area contributed by atoms with Crippen LogP contribution in [0.25, 0.3) is 0 Å². The first kappa shape index (κ1) is 5.87. The van der Waals surface area contributed by atoms with Crippen molar-refractivity contribution in [3.05, 3.63) is 0 Å². The van der Waals surface area contributed by atoms with Crippen molar-refractivity contribution < 1.29 is 9.59 Å². The van der Waals surface area contributed by atoms with Crippen LogP contribution in [0.15, 0.2) is 0 Å². The van der Waals surface area contributed by atoms with Crippen LogP contribution in [0.5, 0.6) is 0 Å². The van der Waals surface area contributed by atoms with E-state index in [0.29, 0.717) is 6.54 Å². The number of carbonyl (C=O) groups is 2. The molecule has 0 bridgehead atoms. The Balaban J connectivity index is 2.29. The van der Waals surface area contributed by atoms with Crippen molar-refractivity contribution in [3.8, 4) is 0 Å². The Morgan fingerprint density at radius 3 is 2.67 bits per heavy atom. The Kier molecular flexibility index (Phi) is 1.26. The smallest absolute Gasteiger partial charge is 0.312 e. The van der Waals surface area contributed by atoms with Gasteiger partial charge < -0.3 is 16.4 Å². The van der Waals surface area contributed by atoms with Gasteiger partial charge in [0.25, 0.3) is 0 Å². The maximum Gasteiger partial charge on any atom is 0.312 e. The molecule has 1 heterocycles. The number of primary amides is 1. The molecule has 4 N–H and O–H groups in total. The normalized spacial score (nSPS) is 24.0. The van der Waals surface area contributed by atoms with Crippen LogP contribution in [0.3, 0.4) is 0 Å². The van der Waals surface area contributed by atoms with Crippen molar-refractivity contribution in [2.75, 3.05) is 6.54 Å². The molecule has 1 atom stereocenters. The van der Waals surface area contributed by atoms with Crippen molar-refractivity contribution in [1.82, 2.24) is 10.6 Å². The molecule has 1 rings (SSSR count). The van der Waals surface area contributed by atoms with E-state index in [-0.39, 0.29) is 5.91 Å². The minimum Gasteiger partial charge on any atom is -0.352 e. The van der Waals surface area contributed by atoms with E-state index in [2.05, 4.69) is 10.6 Å². The van der Waals surface area contributed by atoms with Crippen LogP contribution >= 0.6 is 0 Å². The van der Waals surface area contributed by atoms with Crippen molar-refractivity contribution in [2.45, 2.75) is 6.04 Å². The summed E-state index contributed by atoms with van der Waals surface area (Å²) in [7, 11) is 0. The fourth-order valence-electron chi connectivity index (χ4n) is 0.576. The zero-order valence-corrected chi connectivity index (χ0v) is 4.68. The molecule has 5 nitrogen and oxygen atoms in total. The number of nitrogens with one attached hydrogen (secondary N) is 2. The number of hydrogen-bond donors (Lipinski definition) is 3. The Morgan fingerprint density at radius 2 is 2.56 bits per heavy atom. The maximum atomic E-state index is 10.4. The number of carbonyl (C=O) groups excluding carboxylic acids is 2. The van der Waals surface area contributed by atoms with E-state index in [1.807, 2.05) is 0 Å². The molecule has 0 radical (unpaired) electrons. The molecule has 0 unspecified atom stereocenters. The third-order valence-electron chi connectivity index (χ3n) is 1.11. The first-order valence-corrected chi connectivity index (χ1v) is 2.54. The first-order chi connectivity index (χ1) is 4.20. The zero-order valence-electron chi connectivity index (χ0n) is 4.68. The summed E-state index contributed by atoms with van der Waals surface area (Å²) in [5.41, 5.74) is 4.73. The standard InChI is InChI=1S/C4H7N3O2/c5-4(9)7-2-1-6-3(2)8/h2H,1H2,(H,6,8)(H3,5,7,9)/t2-/m0/s1. The predicted octanol–water partition coefficient (Wildman–Crippen LogP) is -1.85. The highest BCUT2D eigenvalue weighted by Gasteiger charge is 2.27. The third kappa shape index (κ3) is 1.10. The highest BCUT2D eigenvalue weighted by atomic mass is 16.2. The van der Waals surface area contributed by atoms with Gasteiger partial charge in [-0.05, 0) is 0 Å². The molecule has 1 fully saturated rings. The van der Waals surface area contributed by atoms with Gasteiger partial charge in [0.1, 0.15) is 6.04 Å². The summed E-state index contributed by atoms with van der Waals surface area (Å²) in [6.45, 7) is 0.488. The van der Waals surface area contributed by atoms with Gasteiger partial charge in [-0.3, -0.25) is 4.79 Å². The molecule has 1 aliphatic heterocycles. The predicted molar refractivity (Wildman–Crippen MR) is 29.5 cm³/mol. The third-order valence-corrected chi connectivity index (χ3v) is 1.11. The minimum absolute atomic E-state index is 0.172. The molecule has 3 amide bonds. The Bertz CT molecular complexity index is 156. The lowest BCUT2D eigenvalue weighted by molar-refractivity contribution is -0.128. The molecule has 0 aromatic carbocycles. The van der Waals surface area contributed by atoms with Crippen LogP contribution in [-0.2, 0) is 4.79 Å². The number of rotatable bonds is 1. The molecule has 0 spiro atoms. The van der Waals surface area contributed by atoms with Gasteiger partial charge in [-0.25, -0.2) is 4.79 Å². The molecule has 0 aliphatic carbocycles. The molecule has 1 saturated heterocycles. The average molecular weight is 129 g/mol. The summed E-state index contributed by atoms with van der Waals surface area (Å²) in [4.78, 5) is 20.5. The molecular formula is C4H7N3O2. The summed E-state index contributed by atoms with van der Waals surface area (Å²) >= 11 is 0. The molecule has 0 saturated carbocycles. The van der Waals surface area contributed by atoms with Crippen molar-refractivity contribution >= 4 is 11.9 Å². The quantitative estimate of drug-likeness (QED) is 0.363. The van der Waals surface area contributed by atoms with Crippen LogP contribution in [0, 0.1) is 0 Å². The number of amides is 3. The van der Waals surface area contributed by atoms with Crippen LogP contribution in [0.4, 0.5) is 4.79 Å². The highest BCUT2D eigenvalue weighted by Crippen LogP contribution is 1.91. The van der Waals surface area contributed by atoms with Gasteiger partial charge >= 0.3 is 6.03 Å². The number of nitrogens with two attached hydrogens (primary N) is 1. The number of β-lactam (4-membered cyclic amide) rings is 1. The van der Waals surface area contributed by atoms with E-state index in [1.165, 1.54) is 0 Å². The van der Waals surface area contributed by atoms with Gasteiger partial charge in [0.15, 0.2) is 0 Å². The summed E-state index contributed by atoms with van der Waals surface area (Å²) in [6.07, 6.45) is 0. The Morgan fingerprint density at radius 1 is 1.89 bits per heavy atom. The second-order valence-corrected chi connectivity index (χ2v) is 1.81. The van der Waals surface area contributed by atoms with Crippen LogP contribution < -0.4 is 16.4 Å². The number of hydrogen-bond acceptors (Lipinski definition) is 2. The molecule has 0 aromatic heterocycles. The second kappa shape index (κ2) is 1.93. The molecule has 1 aliphatic rings. The monoisotopic (exact) mass is 129 g/mol. The van der Waals surface area contributed by atoms with E-state index < -0.39 is 12.1 Å². The molecular weight excluding hydrogens is 122 g/mol. The van der Waals surface area contributed by atoms with Crippen molar-refractivity contribution in [2.24, 2.45) is 5.73 Å². The molecule has 50 valence electrons. The van der Waals surface area contributed by atoms with Gasteiger partial charge in [-0.2, -0.15) is 0 Å². The lowest BCUT2D eigenvalue weighted by Gasteiger charge is -2.25. The summed E-state index contributed by atoms with van der Waals surface area (Å²) in [6, 6.07) is -1.06. The second-order valence-electron chi connectivity index (χ2n) is 1.81. The van der Waals surface area contributed by atoms with Gasteiger partial charge in [0, 0.05) is 6.54 Å². The van der Waals surface area contributed by atoms with Crippen molar-refractivity contribution in [1.29, 1.82) is 0 Å². The fourth-order valence-corrected chi connectivity index (χ4v) is 0.576. The summed E-state index contributed by atoms with van der Waals surface area (Å²) in [5, 5.41) is 4.71. The fraction of sp³-hybridized carbons (Fsp3) is 0.500.